The van der Waals surface area contributed by atoms with Crippen LogP contribution in [0.3, 0.4) is 0 Å². The van der Waals surface area contributed by atoms with Crippen LogP contribution in [0.25, 0.3) is 0 Å². The topological polar surface area (TPSA) is 53.4 Å². The fraction of sp³-hybridized carbons (Fsp3) is 0.625. The lowest BCUT2D eigenvalue weighted by atomic mass is 9.94. The molecule has 0 bridgehead atoms. The largest absolute Gasteiger partial charge is 0.478 e. The molecule has 0 spiro atoms. The van der Waals surface area contributed by atoms with Crippen molar-refractivity contribution in [2.24, 2.45) is 0 Å². The Kier molecular flexibility index (Phi) is 4.99. The van der Waals surface area contributed by atoms with E-state index in [1.807, 2.05) is 6.07 Å². The monoisotopic (exact) mass is 276 g/mol. The van der Waals surface area contributed by atoms with Crippen LogP contribution in [0.5, 0.6) is 0 Å². The zero-order valence-corrected chi connectivity index (χ0v) is 12.5. The van der Waals surface area contributed by atoms with Crippen molar-refractivity contribution in [1.82, 2.24) is 4.98 Å². The number of carboxylic acids is 1. The van der Waals surface area contributed by atoms with E-state index in [0.29, 0.717) is 11.4 Å². The lowest BCUT2D eigenvalue weighted by Crippen LogP contribution is -2.28. The highest BCUT2D eigenvalue weighted by molar-refractivity contribution is 5.93. The molecular weight excluding hydrogens is 252 g/mol. The van der Waals surface area contributed by atoms with Crippen LogP contribution in [0.2, 0.25) is 0 Å². The molecule has 1 N–H and O–H groups in total. The summed E-state index contributed by atoms with van der Waals surface area (Å²) in [5.74, 6) is -0.204. The van der Waals surface area contributed by atoms with Gasteiger partial charge < -0.3 is 10.0 Å². The molecule has 0 saturated carbocycles. The third-order valence-electron chi connectivity index (χ3n) is 3.97. The second kappa shape index (κ2) is 6.73. The number of pyridine rings is 1. The summed E-state index contributed by atoms with van der Waals surface area (Å²) in [5.41, 5.74) is 2.60. The molecule has 1 aliphatic rings. The van der Waals surface area contributed by atoms with Gasteiger partial charge in [-0.3, -0.25) is 0 Å². The number of nitrogens with zero attached hydrogens (tertiary/aromatic N) is 2. The van der Waals surface area contributed by atoms with Gasteiger partial charge in [-0.05, 0) is 50.7 Å². The normalized spacial score (nSPS) is 13.9. The van der Waals surface area contributed by atoms with Gasteiger partial charge in [0.2, 0.25) is 0 Å². The van der Waals surface area contributed by atoms with E-state index in [2.05, 4.69) is 18.7 Å². The van der Waals surface area contributed by atoms with Crippen molar-refractivity contribution in [3.63, 3.8) is 0 Å². The van der Waals surface area contributed by atoms with Crippen LogP contribution in [0, 0.1) is 0 Å². The predicted molar refractivity (Wildman–Crippen MR) is 80.6 cm³/mol. The minimum absolute atomic E-state index is 0.364. The number of carbonyl (C=O) groups is 1. The molecule has 4 nitrogen and oxygen atoms in total. The van der Waals surface area contributed by atoms with Gasteiger partial charge in [-0.1, -0.05) is 13.3 Å². The molecule has 1 heterocycles. The number of fused-ring (bicyclic) bond motifs is 1. The van der Waals surface area contributed by atoms with E-state index in [0.717, 1.165) is 62.9 Å². The van der Waals surface area contributed by atoms with Crippen LogP contribution in [-0.4, -0.2) is 29.1 Å². The third kappa shape index (κ3) is 3.11. The summed E-state index contributed by atoms with van der Waals surface area (Å²) in [6.07, 6.45) is 6.40. The number of unbranched alkanes of at least 4 members (excludes halogenated alkanes) is 1. The Bertz CT molecular complexity index is 486. The highest BCUT2D eigenvalue weighted by Crippen LogP contribution is 2.27. The molecule has 0 aliphatic heterocycles. The minimum Gasteiger partial charge on any atom is -0.478 e. The number of anilines is 1. The third-order valence-corrected chi connectivity index (χ3v) is 3.97. The molecule has 0 radical (unpaired) electrons. The van der Waals surface area contributed by atoms with Gasteiger partial charge in [0, 0.05) is 18.8 Å². The van der Waals surface area contributed by atoms with E-state index in [4.69, 9.17) is 4.98 Å². The van der Waals surface area contributed by atoms with Crippen molar-refractivity contribution in [2.45, 2.75) is 52.4 Å². The van der Waals surface area contributed by atoms with Gasteiger partial charge in [0.25, 0.3) is 0 Å². The van der Waals surface area contributed by atoms with Crippen LogP contribution in [0.1, 0.15) is 61.1 Å². The second-order valence-corrected chi connectivity index (χ2v) is 5.41. The van der Waals surface area contributed by atoms with Gasteiger partial charge in [-0.2, -0.15) is 0 Å². The second-order valence-electron chi connectivity index (χ2n) is 5.41. The van der Waals surface area contributed by atoms with Crippen LogP contribution >= 0.6 is 0 Å². The summed E-state index contributed by atoms with van der Waals surface area (Å²) in [5, 5.41) is 9.47. The number of aryl methyl sites for hydroxylation is 2. The molecule has 0 saturated heterocycles. The van der Waals surface area contributed by atoms with E-state index in [1.54, 1.807) is 0 Å². The molecule has 1 aliphatic carbocycles. The lowest BCUT2D eigenvalue weighted by molar-refractivity contribution is 0.0697. The number of carboxylic acid groups (broad SMARTS) is 1. The van der Waals surface area contributed by atoms with Gasteiger partial charge >= 0.3 is 5.97 Å². The van der Waals surface area contributed by atoms with Crippen molar-refractivity contribution in [3.8, 4) is 0 Å². The molecule has 1 aromatic heterocycles. The van der Waals surface area contributed by atoms with Crippen LogP contribution in [-0.2, 0) is 12.8 Å². The molecule has 110 valence electrons. The minimum atomic E-state index is -0.865. The molecule has 0 atom stereocenters. The highest BCUT2D eigenvalue weighted by Gasteiger charge is 2.21. The number of hydrogen-bond donors (Lipinski definition) is 1. The van der Waals surface area contributed by atoms with E-state index in [1.165, 1.54) is 0 Å². The summed E-state index contributed by atoms with van der Waals surface area (Å²) in [6.45, 7) is 5.87. The van der Waals surface area contributed by atoms with Crippen molar-refractivity contribution < 1.29 is 9.90 Å². The Morgan fingerprint density at radius 3 is 2.75 bits per heavy atom. The zero-order chi connectivity index (χ0) is 14.5. The van der Waals surface area contributed by atoms with E-state index in [-0.39, 0.29) is 0 Å². The molecule has 20 heavy (non-hydrogen) atoms. The molecular formula is C16H24N2O2. The Hall–Kier alpha value is -1.58. The van der Waals surface area contributed by atoms with Gasteiger partial charge in [0.05, 0.1) is 0 Å². The van der Waals surface area contributed by atoms with Gasteiger partial charge in [-0.25, -0.2) is 9.78 Å². The summed E-state index contributed by atoms with van der Waals surface area (Å²) in [4.78, 5) is 18.3. The van der Waals surface area contributed by atoms with Crippen LogP contribution in [0.15, 0.2) is 6.07 Å². The molecule has 4 heteroatoms. The molecule has 1 aromatic rings. The molecule has 0 amide bonds. The SMILES string of the molecule is CCCCN(CC)c1nc2c(cc1C(=O)O)CCCC2. The Morgan fingerprint density at radius 2 is 2.10 bits per heavy atom. The van der Waals surface area contributed by atoms with E-state index < -0.39 is 5.97 Å². The summed E-state index contributed by atoms with van der Waals surface area (Å²) < 4.78 is 0. The van der Waals surface area contributed by atoms with Crippen molar-refractivity contribution in [3.05, 3.63) is 22.9 Å². The Morgan fingerprint density at radius 1 is 1.35 bits per heavy atom. The summed E-state index contributed by atoms with van der Waals surface area (Å²) in [7, 11) is 0. The maximum atomic E-state index is 11.5. The predicted octanol–water partition coefficient (Wildman–Crippen LogP) is 3.29. The van der Waals surface area contributed by atoms with Gasteiger partial charge in [0.1, 0.15) is 11.4 Å². The highest BCUT2D eigenvalue weighted by atomic mass is 16.4. The maximum Gasteiger partial charge on any atom is 0.339 e. The number of aromatic carboxylic acids is 1. The molecule has 0 aromatic carbocycles. The Balaban J connectivity index is 2.40. The first-order chi connectivity index (χ1) is 9.67. The Labute approximate surface area is 120 Å². The molecule has 2 rings (SSSR count). The van der Waals surface area contributed by atoms with Gasteiger partial charge in [0.15, 0.2) is 0 Å². The maximum absolute atomic E-state index is 11.5. The summed E-state index contributed by atoms with van der Waals surface area (Å²) in [6, 6.07) is 1.85. The van der Waals surface area contributed by atoms with E-state index in [9.17, 15) is 9.90 Å². The fourth-order valence-corrected chi connectivity index (χ4v) is 2.78. The zero-order valence-electron chi connectivity index (χ0n) is 12.5. The van der Waals surface area contributed by atoms with Crippen LogP contribution < -0.4 is 4.90 Å². The number of aromatic nitrogens is 1. The molecule has 0 fully saturated rings. The average Bonchev–Trinajstić information content (AvgIpc) is 2.47. The number of hydrogen-bond acceptors (Lipinski definition) is 3. The lowest BCUT2D eigenvalue weighted by Gasteiger charge is -2.26. The average molecular weight is 276 g/mol. The van der Waals surface area contributed by atoms with Crippen molar-refractivity contribution >= 4 is 11.8 Å². The summed E-state index contributed by atoms with van der Waals surface area (Å²) >= 11 is 0. The molecule has 0 unspecified atom stereocenters. The van der Waals surface area contributed by atoms with Crippen molar-refractivity contribution in [2.75, 3.05) is 18.0 Å². The quantitative estimate of drug-likeness (QED) is 0.866. The van der Waals surface area contributed by atoms with E-state index >= 15 is 0 Å². The van der Waals surface area contributed by atoms with Crippen LogP contribution in [0.4, 0.5) is 5.82 Å². The van der Waals surface area contributed by atoms with Crippen molar-refractivity contribution in [1.29, 1.82) is 0 Å². The first kappa shape index (κ1) is 14.8. The number of rotatable bonds is 6. The standard InChI is InChI=1S/C16H24N2O2/c1-3-5-10-18(4-2)15-13(16(19)20)11-12-8-6-7-9-14(12)17-15/h11H,3-10H2,1-2H3,(H,19,20). The fourth-order valence-electron chi connectivity index (χ4n) is 2.78. The van der Waals surface area contributed by atoms with Gasteiger partial charge in [-0.15, -0.1) is 0 Å². The first-order valence-corrected chi connectivity index (χ1v) is 7.68. The smallest absolute Gasteiger partial charge is 0.339 e. The first-order valence-electron chi connectivity index (χ1n) is 7.68.